The Balaban J connectivity index is 1.94. The van der Waals surface area contributed by atoms with E-state index in [2.05, 4.69) is 5.32 Å². The number of ether oxygens (including phenoxy) is 1. The first-order valence-electron chi connectivity index (χ1n) is 5.94. The van der Waals surface area contributed by atoms with Gasteiger partial charge in [0.05, 0.1) is 5.56 Å². The number of aromatic carboxylic acids is 1. The summed E-state index contributed by atoms with van der Waals surface area (Å²) >= 11 is 0. The normalized spacial score (nSPS) is 9.80. The van der Waals surface area contributed by atoms with E-state index in [1.54, 1.807) is 36.4 Å². The number of carbonyl (C=O) groups is 2. The topological polar surface area (TPSA) is 75.6 Å². The van der Waals surface area contributed by atoms with E-state index in [4.69, 9.17) is 9.84 Å². The number of rotatable bonds is 6. The van der Waals surface area contributed by atoms with E-state index in [1.807, 2.05) is 0 Å². The van der Waals surface area contributed by atoms with Gasteiger partial charge in [-0.15, -0.1) is 0 Å². The Bertz CT molecular complexity index is 590. The van der Waals surface area contributed by atoms with E-state index in [0.717, 1.165) is 5.56 Å². The first-order valence-corrected chi connectivity index (χ1v) is 5.94. The molecule has 2 aromatic rings. The average molecular weight is 271 g/mol. The summed E-state index contributed by atoms with van der Waals surface area (Å²) in [5.41, 5.74) is 1.82. The third kappa shape index (κ3) is 3.58. The fourth-order valence-electron chi connectivity index (χ4n) is 1.63. The van der Waals surface area contributed by atoms with Gasteiger partial charge in [-0.05, 0) is 42.0 Å². The zero-order chi connectivity index (χ0) is 14.4. The smallest absolute Gasteiger partial charge is 0.335 e. The first-order chi connectivity index (χ1) is 9.69. The van der Waals surface area contributed by atoms with Crippen LogP contribution in [0.2, 0.25) is 0 Å². The van der Waals surface area contributed by atoms with E-state index >= 15 is 0 Å². The molecule has 2 aromatic carbocycles. The summed E-state index contributed by atoms with van der Waals surface area (Å²) in [6.45, 7) is 0.348. The molecular weight excluding hydrogens is 258 g/mol. The SMILES string of the molecule is O=CNc1ccc(OCc2ccc(C(=O)O)cc2)cc1. The molecule has 2 rings (SSSR count). The molecule has 0 saturated carbocycles. The number of nitrogens with one attached hydrogen (secondary N) is 1. The number of carbonyl (C=O) groups excluding carboxylic acids is 1. The Labute approximate surface area is 115 Å². The monoisotopic (exact) mass is 271 g/mol. The molecule has 0 unspecified atom stereocenters. The summed E-state index contributed by atoms with van der Waals surface area (Å²) in [6, 6.07) is 13.5. The molecule has 5 nitrogen and oxygen atoms in total. The molecule has 0 fully saturated rings. The molecule has 0 radical (unpaired) electrons. The maximum absolute atomic E-state index is 10.7. The van der Waals surface area contributed by atoms with Crippen molar-refractivity contribution >= 4 is 18.1 Å². The highest BCUT2D eigenvalue weighted by atomic mass is 16.5. The van der Waals surface area contributed by atoms with Gasteiger partial charge in [0.2, 0.25) is 6.41 Å². The van der Waals surface area contributed by atoms with Gasteiger partial charge < -0.3 is 15.2 Å². The lowest BCUT2D eigenvalue weighted by molar-refractivity contribution is -0.105. The van der Waals surface area contributed by atoms with Crippen LogP contribution in [0, 0.1) is 0 Å². The molecule has 0 heterocycles. The highest BCUT2D eigenvalue weighted by Crippen LogP contribution is 2.16. The van der Waals surface area contributed by atoms with Gasteiger partial charge in [-0.25, -0.2) is 4.79 Å². The summed E-state index contributed by atoms with van der Waals surface area (Å²) in [5, 5.41) is 11.3. The van der Waals surface area contributed by atoms with Crippen molar-refractivity contribution in [1.82, 2.24) is 0 Å². The average Bonchev–Trinajstić information content (AvgIpc) is 2.47. The van der Waals surface area contributed by atoms with E-state index in [9.17, 15) is 9.59 Å². The molecule has 0 saturated heterocycles. The first kappa shape index (κ1) is 13.6. The van der Waals surface area contributed by atoms with Gasteiger partial charge in [-0.2, -0.15) is 0 Å². The molecule has 0 bridgehead atoms. The van der Waals surface area contributed by atoms with Gasteiger partial charge in [-0.3, -0.25) is 4.79 Å². The maximum atomic E-state index is 10.7. The lowest BCUT2D eigenvalue weighted by Crippen LogP contribution is -1.99. The van der Waals surface area contributed by atoms with Crippen molar-refractivity contribution in [3.8, 4) is 5.75 Å². The quantitative estimate of drug-likeness (QED) is 0.792. The maximum Gasteiger partial charge on any atom is 0.335 e. The molecular formula is C15H13NO4. The number of benzene rings is 2. The van der Waals surface area contributed by atoms with Crippen LogP contribution >= 0.6 is 0 Å². The predicted octanol–water partition coefficient (Wildman–Crippen LogP) is 2.53. The van der Waals surface area contributed by atoms with E-state index in [1.165, 1.54) is 12.1 Å². The molecule has 0 aromatic heterocycles. The molecule has 2 N–H and O–H groups in total. The minimum atomic E-state index is -0.948. The Morgan fingerprint density at radius 1 is 1.10 bits per heavy atom. The molecule has 5 heteroatoms. The van der Waals surface area contributed by atoms with Gasteiger partial charge in [0, 0.05) is 5.69 Å². The van der Waals surface area contributed by atoms with Crippen LogP contribution in [-0.2, 0) is 11.4 Å². The number of amides is 1. The predicted molar refractivity (Wildman–Crippen MR) is 73.9 cm³/mol. The van der Waals surface area contributed by atoms with Crippen LogP contribution in [0.15, 0.2) is 48.5 Å². The second-order valence-electron chi connectivity index (χ2n) is 4.08. The van der Waals surface area contributed by atoms with Crippen LogP contribution < -0.4 is 10.1 Å². The van der Waals surface area contributed by atoms with Gasteiger partial charge in [0.1, 0.15) is 12.4 Å². The fraction of sp³-hybridized carbons (Fsp3) is 0.0667. The third-order valence-electron chi connectivity index (χ3n) is 2.69. The van der Waals surface area contributed by atoms with Crippen LogP contribution in [0.3, 0.4) is 0 Å². The van der Waals surface area contributed by atoms with Crippen molar-refractivity contribution in [3.63, 3.8) is 0 Å². The molecule has 1 amide bonds. The van der Waals surface area contributed by atoms with E-state index < -0.39 is 5.97 Å². The van der Waals surface area contributed by atoms with Crippen LogP contribution in [0.5, 0.6) is 5.75 Å². The van der Waals surface area contributed by atoms with E-state index in [0.29, 0.717) is 24.5 Å². The molecule has 102 valence electrons. The Kier molecular flexibility index (Phi) is 4.34. The van der Waals surface area contributed by atoms with Gasteiger partial charge >= 0.3 is 5.97 Å². The van der Waals surface area contributed by atoms with Crippen molar-refractivity contribution in [2.24, 2.45) is 0 Å². The zero-order valence-electron chi connectivity index (χ0n) is 10.6. The Hall–Kier alpha value is -2.82. The summed E-state index contributed by atoms with van der Waals surface area (Å²) < 4.78 is 5.56. The van der Waals surface area contributed by atoms with Crippen molar-refractivity contribution in [2.75, 3.05) is 5.32 Å². The zero-order valence-corrected chi connectivity index (χ0v) is 10.6. The molecule has 0 aliphatic heterocycles. The van der Waals surface area contributed by atoms with Gasteiger partial charge in [0.25, 0.3) is 0 Å². The molecule has 0 aliphatic carbocycles. The minimum Gasteiger partial charge on any atom is -0.489 e. The number of carboxylic acid groups (broad SMARTS) is 1. The lowest BCUT2D eigenvalue weighted by atomic mass is 10.1. The number of hydrogen-bond acceptors (Lipinski definition) is 3. The molecule has 0 atom stereocenters. The Morgan fingerprint density at radius 3 is 2.30 bits per heavy atom. The van der Waals surface area contributed by atoms with Crippen molar-refractivity contribution in [3.05, 3.63) is 59.7 Å². The lowest BCUT2D eigenvalue weighted by Gasteiger charge is -2.07. The van der Waals surface area contributed by atoms with Gasteiger partial charge in [-0.1, -0.05) is 12.1 Å². The van der Waals surface area contributed by atoms with Crippen molar-refractivity contribution in [2.45, 2.75) is 6.61 Å². The minimum absolute atomic E-state index is 0.248. The summed E-state index contributed by atoms with van der Waals surface area (Å²) in [6.07, 6.45) is 0.611. The van der Waals surface area contributed by atoms with Gasteiger partial charge in [0.15, 0.2) is 0 Å². The summed E-state index contributed by atoms with van der Waals surface area (Å²) in [7, 11) is 0. The van der Waals surface area contributed by atoms with E-state index in [-0.39, 0.29) is 5.56 Å². The number of carboxylic acids is 1. The second kappa shape index (κ2) is 6.38. The molecule has 0 aliphatic rings. The summed E-state index contributed by atoms with van der Waals surface area (Å²) in [5.74, 6) is -0.278. The number of hydrogen-bond donors (Lipinski definition) is 2. The van der Waals surface area contributed by atoms with Crippen molar-refractivity contribution < 1.29 is 19.4 Å². The fourth-order valence-corrected chi connectivity index (χ4v) is 1.63. The van der Waals surface area contributed by atoms with Crippen LogP contribution in [0.25, 0.3) is 0 Å². The molecule has 20 heavy (non-hydrogen) atoms. The van der Waals surface area contributed by atoms with Crippen LogP contribution in [0.1, 0.15) is 15.9 Å². The van der Waals surface area contributed by atoms with Crippen LogP contribution in [0.4, 0.5) is 5.69 Å². The van der Waals surface area contributed by atoms with Crippen molar-refractivity contribution in [1.29, 1.82) is 0 Å². The number of anilines is 1. The second-order valence-corrected chi connectivity index (χ2v) is 4.08. The standard InChI is InChI=1S/C15H13NO4/c17-10-16-13-5-7-14(8-6-13)20-9-11-1-3-12(4-2-11)15(18)19/h1-8,10H,9H2,(H,16,17)(H,18,19). The highest BCUT2D eigenvalue weighted by molar-refractivity contribution is 5.87. The third-order valence-corrected chi connectivity index (χ3v) is 2.69. The highest BCUT2D eigenvalue weighted by Gasteiger charge is 2.02. The van der Waals surface area contributed by atoms with Crippen LogP contribution in [-0.4, -0.2) is 17.5 Å². The molecule has 0 spiro atoms. The largest absolute Gasteiger partial charge is 0.489 e. The Morgan fingerprint density at radius 2 is 1.75 bits per heavy atom. The summed E-state index contributed by atoms with van der Waals surface area (Å²) in [4.78, 5) is 21.0.